The van der Waals surface area contributed by atoms with Crippen molar-refractivity contribution in [1.82, 2.24) is 5.32 Å². The molecule has 5 heteroatoms. The van der Waals surface area contributed by atoms with E-state index in [-0.39, 0.29) is 17.7 Å². The largest absolute Gasteiger partial charge is 0.494 e. The molecule has 1 amide bonds. The molecule has 1 heterocycles. The molecule has 0 bridgehead atoms. The molecule has 0 saturated heterocycles. The number of hydrogen-bond acceptors (Lipinski definition) is 3. The van der Waals surface area contributed by atoms with Crippen molar-refractivity contribution in [2.24, 2.45) is 0 Å². The lowest BCUT2D eigenvalue weighted by molar-refractivity contribution is -0.121. The second kappa shape index (κ2) is 7.22. The van der Waals surface area contributed by atoms with Gasteiger partial charge in [0.2, 0.25) is 5.91 Å². The zero-order valence-corrected chi connectivity index (χ0v) is 12.9. The molecule has 1 atom stereocenters. The van der Waals surface area contributed by atoms with Crippen LogP contribution in [0.25, 0.3) is 0 Å². The standard InChI is InChI=1S/C16H18FNO2S/c1-11(12-5-7-15(20-2)14(17)10-12)18-16(19)8-6-13-4-3-9-21-13/h3-5,7,9-11H,6,8H2,1-2H3,(H,18,19). The molecule has 21 heavy (non-hydrogen) atoms. The SMILES string of the molecule is COc1ccc(C(C)NC(=O)CCc2cccs2)cc1F. The van der Waals surface area contributed by atoms with Crippen molar-refractivity contribution in [2.45, 2.75) is 25.8 Å². The second-order valence-corrected chi connectivity index (χ2v) is 5.79. The first kappa shape index (κ1) is 15.5. The maximum absolute atomic E-state index is 13.6. The highest BCUT2D eigenvalue weighted by Crippen LogP contribution is 2.21. The van der Waals surface area contributed by atoms with E-state index in [9.17, 15) is 9.18 Å². The number of benzene rings is 1. The molecule has 0 radical (unpaired) electrons. The number of halogens is 1. The Kier molecular flexibility index (Phi) is 5.33. The molecule has 1 unspecified atom stereocenters. The first-order chi connectivity index (χ1) is 10.1. The number of hydrogen-bond donors (Lipinski definition) is 1. The van der Waals surface area contributed by atoms with Crippen LogP contribution in [0.2, 0.25) is 0 Å². The Bertz CT molecular complexity index is 598. The van der Waals surface area contributed by atoms with Gasteiger partial charge in [0.1, 0.15) is 0 Å². The predicted molar refractivity (Wildman–Crippen MR) is 82.1 cm³/mol. The fraction of sp³-hybridized carbons (Fsp3) is 0.312. The molecule has 2 rings (SSSR count). The van der Waals surface area contributed by atoms with E-state index >= 15 is 0 Å². The van der Waals surface area contributed by atoms with Crippen molar-refractivity contribution >= 4 is 17.2 Å². The van der Waals surface area contributed by atoms with Crippen LogP contribution in [0.1, 0.15) is 29.8 Å². The fourth-order valence-electron chi connectivity index (χ4n) is 2.04. The number of nitrogens with one attached hydrogen (secondary N) is 1. The van der Waals surface area contributed by atoms with Gasteiger partial charge in [-0.25, -0.2) is 4.39 Å². The van der Waals surface area contributed by atoms with Crippen molar-refractivity contribution in [2.75, 3.05) is 7.11 Å². The molecule has 1 aromatic heterocycles. The van der Waals surface area contributed by atoms with Crippen LogP contribution < -0.4 is 10.1 Å². The number of rotatable bonds is 6. The van der Waals surface area contributed by atoms with Gasteiger partial charge in [-0.15, -0.1) is 11.3 Å². The van der Waals surface area contributed by atoms with Crippen LogP contribution in [0.15, 0.2) is 35.7 Å². The molecule has 112 valence electrons. The van der Waals surface area contributed by atoms with Crippen LogP contribution in [0.4, 0.5) is 4.39 Å². The van der Waals surface area contributed by atoms with Gasteiger partial charge in [-0.3, -0.25) is 4.79 Å². The third-order valence-electron chi connectivity index (χ3n) is 3.23. The minimum absolute atomic E-state index is 0.0351. The summed E-state index contributed by atoms with van der Waals surface area (Å²) in [7, 11) is 1.42. The maximum Gasteiger partial charge on any atom is 0.220 e. The lowest BCUT2D eigenvalue weighted by Crippen LogP contribution is -2.26. The lowest BCUT2D eigenvalue weighted by Gasteiger charge is -2.15. The summed E-state index contributed by atoms with van der Waals surface area (Å²) >= 11 is 1.64. The molecule has 2 aromatic rings. The Labute approximate surface area is 127 Å². The number of ether oxygens (including phenoxy) is 1. The summed E-state index contributed by atoms with van der Waals surface area (Å²) in [5.41, 5.74) is 0.720. The van der Waals surface area contributed by atoms with Gasteiger partial charge in [0.25, 0.3) is 0 Å². The van der Waals surface area contributed by atoms with Gasteiger partial charge in [0, 0.05) is 11.3 Å². The minimum atomic E-state index is -0.422. The summed E-state index contributed by atoms with van der Waals surface area (Å²) in [6, 6.07) is 8.47. The smallest absolute Gasteiger partial charge is 0.220 e. The molecule has 1 N–H and O–H groups in total. The zero-order chi connectivity index (χ0) is 15.2. The molecule has 0 aliphatic rings. The number of methoxy groups -OCH3 is 1. The third kappa shape index (κ3) is 4.29. The third-order valence-corrected chi connectivity index (χ3v) is 4.17. The highest BCUT2D eigenvalue weighted by Gasteiger charge is 2.12. The Morgan fingerprint density at radius 3 is 2.86 bits per heavy atom. The van der Waals surface area contributed by atoms with Crippen molar-refractivity contribution in [1.29, 1.82) is 0 Å². The zero-order valence-electron chi connectivity index (χ0n) is 12.1. The first-order valence-corrected chi connectivity index (χ1v) is 7.63. The van der Waals surface area contributed by atoms with E-state index in [1.807, 2.05) is 24.4 Å². The summed E-state index contributed by atoms with van der Waals surface area (Å²) in [6.07, 6.45) is 1.16. The van der Waals surface area contributed by atoms with Gasteiger partial charge in [0.05, 0.1) is 13.2 Å². The number of carbonyl (C=O) groups is 1. The molecular weight excluding hydrogens is 289 g/mol. The highest BCUT2D eigenvalue weighted by molar-refractivity contribution is 7.09. The molecule has 0 aliphatic heterocycles. The van der Waals surface area contributed by atoms with Gasteiger partial charge in [-0.2, -0.15) is 0 Å². The van der Waals surface area contributed by atoms with Crippen LogP contribution >= 0.6 is 11.3 Å². The normalized spacial score (nSPS) is 12.0. The van der Waals surface area contributed by atoms with E-state index in [0.29, 0.717) is 6.42 Å². The molecule has 1 aromatic carbocycles. The molecule has 3 nitrogen and oxygen atoms in total. The predicted octanol–water partition coefficient (Wildman–Crippen LogP) is 3.71. The van der Waals surface area contributed by atoms with E-state index in [0.717, 1.165) is 12.0 Å². The monoisotopic (exact) mass is 307 g/mol. The molecule has 0 spiro atoms. The van der Waals surface area contributed by atoms with Crippen LogP contribution in [-0.4, -0.2) is 13.0 Å². The number of amides is 1. The summed E-state index contributed by atoms with van der Waals surface area (Å²) in [6.45, 7) is 1.84. The summed E-state index contributed by atoms with van der Waals surface area (Å²) < 4.78 is 18.5. The van der Waals surface area contributed by atoms with Gasteiger partial charge < -0.3 is 10.1 Å². The fourth-order valence-corrected chi connectivity index (χ4v) is 2.75. The first-order valence-electron chi connectivity index (χ1n) is 6.75. The van der Waals surface area contributed by atoms with E-state index < -0.39 is 5.82 Å². The van der Waals surface area contributed by atoms with Crippen molar-refractivity contribution in [3.05, 3.63) is 52.0 Å². The summed E-state index contributed by atoms with van der Waals surface area (Å²) in [4.78, 5) is 13.1. The molecule has 0 aliphatic carbocycles. The van der Waals surface area contributed by atoms with Gasteiger partial charge >= 0.3 is 0 Å². The average Bonchev–Trinajstić information content (AvgIpc) is 2.98. The van der Waals surface area contributed by atoms with Crippen molar-refractivity contribution in [3.63, 3.8) is 0 Å². The molecule has 0 saturated carbocycles. The summed E-state index contributed by atoms with van der Waals surface area (Å²) in [5, 5.41) is 4.88. The Balaban J connectivity index is 1.89. The van der Waals surface area contributed by atoms with E-state index in [2.05, 4.69) is 5.32 Å². The second-order valence-electron chi connectivity index (χ2n) is 4.76. The lowest BCUT2D eigenvalue weighted by atomic mass is 10.1. The van der Waals surface area contributed by atoms with Gasteiger partial charge in [-0.1, -0.05) is 12.1 Å². The summed E-state index contributed by atoms with van der Waals surface area (Å²) in [5.74, 6) is -0.253. The van der Waals surface area contributed by atoms with Crippen LogP contribution in [-0.2, 0) is 11.2 Å². The quantitative estimate of drug-likeness (QED) is 0.883. The van der Waals surface area contributed by atoms with Gasteiger partial charge in [0.15, 0.2) is 11.6 Å². The Morgan fingerprint density at radius 2 is 2.24 bits per heavy atom. The number of aryl methyl sites for hydroxylation is 1. The average molecular weight is 307 g/mol. The van der Waals surface area contributed by atoms with Gasteiger partial charge in [-0.05, 0) is 42.5 Å². The van der Waals surface area contributed by atoms with E-state index in [1.54, 1.807) is 23.5 Å². The van der Waals surface area contributed by atoms with Crippen LogP contribution in [0.3, 0.4) is 0 Å². The van der Waals surface area contributed by atoms with Crippen LogP contribution in [0, 0.1) is 5.82 Å². The molecular formula is C16H18FNO2S. The highest BCUT2D eigenvalue weighted by atomic mass is 32.1. The van der Waals surface area contributed by atoms with Crippen LogP contribution in [0.5, 0.6) is 5.75 Å². The van der Waals surface area contributed by atoms with Crippen molar-refractivity contribution in [3.8, 4) is 5.75 Å². The number of thiophene rings is 1. The maximum atomic E-state index is 13.6. The van der Waals surface area contributed by atoms with E-state index in [4.69, 9.17) is 4.74 Å². The topological polar surface area (TPSA) is 38.3 Å². The molecule has 0 fully saturated rings. The Morgan fingerprint density at radius 1 is 1.43 bits per heavy atom. The minimum Gasteiger partial charge on any atom is -0.494 e. The Hall–Kier alpha value is -1.88. The van der Waals surface area contributed by atoms with Crippen molar-refractivity contribution < 1.29 is 13.9 Å². The van der Waals surface area contributed by atoms with E-state index in [1.165, 1.54) is 18.1 Å². The number of carbonyl (C=O) groups excluding carboxylic acids is 1.